The highest BCUT2D eigenvalue weighted by Crippen LogP contribution is 2.22. The van der Waals surface area contributed by atoms with Gasteiger partial charge in [0, 0.05) is 6.54 Å². The van der Waals surface area contributed by atoms with Gasteiger partial charge in [-0.25, -0.2) is 9.18 Å². The summed E-state index contributed by atoms with van der Waals surface area (Å²) in [5, 5.41) is 2.79. The zero-order valence-electron chi connectivity index (χ0n) is 13.8. The van der Waals surface area contributed by atoms with Crippen LogP contribution in [-0.4, -0.2) is 40.1 Å². The number of carbonyl (C=O) groups excluding carboxylic acids is 2. The third-order valence-corrected chi connectivity index (χ3v) is 3.50. The van der Waals surface area contributed by atoms with Gasteiger partial charge in [-0.15, -0.1) is 0 Å². The number of aromatic nitrogens is 1. The summed E-state index contributed by atoms with van der Waals surface area (Å²) in [7, 11) is 0. The number of halogens is 1. The summed E-state index contributed by atoms with van der Waals surface area (Å²) >= 11 is 0. The number of nitrogens with one attached hydrogen (secondary N) is 1. The molecule has 1 saturated heterocycles. The van der Waals surface area contributed by atoms with Gasteiger partial charge in [0.2, 0.25) is 5.91 Å². The van der Waals surface area contributed by atoms with E-state index in [0.29, 0.717) is 18.7 Å². The second-order valence-corrected chi connectivity index (χ2v) is 6.61. The molecule has 0 radical (unpaired) electrons. The Morgan fingerprint density at radius 2 is 2.13 bits per heavy atom. The maximum Gasteiger partial charge on any atom is 0.410 e. The second kappa shape index (κ2) is 6.52. The van der Waals surface area contributed by atoms with Crippen LogP contribution in [0.15, 0.2) is 18.3 Å². The van der Waals surface area contributed by atoms with Crippen molar-refractivity contribution >= 4 is 12.0 Å². The van der Waals surface area contributed by atoms with E-state index in [1.807, 2.05) is 0 Å². The molecule has 2 atom stereocenters. The Kier molecular flexibility index (Phi) is 4.87. The minimum atomic E-state index is -0.598. The van der Waals surface area contributed by atoms with Gasteiger partial charge in [0.15, 0.2) is 0 Å². The van der Waals surface area contributed by atoms with Crippen LogP contribution in [0.1, 0.15) is 45.9 Å². The number of hydrogen-bond donors (Lipinski definition) is 1. The smallest absolute Gasteiger partial charge is 0.410 e. The third kappa shape index (κ3) is 4.40. The molecule has 1 N–H and O–H groups in total. The Morgan fingerprint density at radius 1 is 1.43 bits per heavy atom. The first-order chi connectivity index (χ1) is 10.7. The molecule has 23 heavy (non-hydrogen) atoms. The van der Waals surface area contributed by atoms with Gasteiger partial charge in [-0.05, 0) is 46.2 Å². The second-order valence-electron chi connectivity index (χ2n) is 6.61. The van der Waals surface area contributed by atoms with Crippen LogP contribution in [0, 0.1) is 5.82 Å². The lowest BCUT2D eigenvalue weighted by atomic mass is 10.0. The molecule has 2 amide bonds. The fourth-order valence-electron chi connectivity index (χ4n) is 2.23. The van der Waals surface area contributed by atoms with Crippen LogP contribution in [0.25, 0.3) is 0 Å². The van der Waals surface area contributed by atoms with Gasteiger partial charge in [-0.3, -0.25) is 14.7 Å². The number of likely N-dealkylation sites (tertiary alicyclic amines) is 1. The maximum atomic E-state index is 12.9. The number of ether oxygens (including phenoxy) is 1. The molecule has 1 aromatic rings. The van der Waals surface area contributed by atoms with E-state index in [4.69, 9.17) is 4.74 Å². The minimum absolute atomic E-state index is 0.263. The Labute approximate surface area is 135 Å². The molecule has 0 bridgehead atoms. The first-order valence-corrected chi connectivity index (χ1v) is 7.59. The lowest BCUT2D eigenvalue weighted by molar-refractivity contribution is -0.131. The van der Waals surface area contributed by atoms with Gasteiger partial charge in [-0.2, -0.15) is 0 Å². The van der Waals surface area contributed by atoms with E-state index in [9.17, 15) is 14.0 Å². The lowest BCUT2D eigenvalue weighted by Gasteiger charge is -2.40. The van der Waals surface area contributed by atoms with Crippen molar-refractivity contribution in [1.29, 1.82) is 0 Å². The number of amides is 2. The zero-order chi connectivity index (χ0) is 17.2. The quantitative estimate of drug-likeness (QED) is 0.927. The summed E-state index contributed by atoms with van der Waals surface area (Å²) in [5.74, 6) is -0.692. The summed E-state index contributed by atoms with van der Waals surface area (Å²) in [6, 6.07) is 1.91. The van der Waals surface area contributed by atoms with Crippen LogP contribution in [0.2, 0.25) is 0 Å². The largest absolute Gasteiger partial charge is 0.444 e. The standard InChI is InChI=1S/C16H22FN3O3/c1-10(12-6-5-11(17)9-18-12)19-14(21)13-7-8-20(13)15(22)23-16(2,3)4/h5-6,9-10,13H,7-8H2,1-4H3,(H,19,21)/t10-,13-/m1/s1. The van der Waals surface area contributed by atoms with Crippen molar-refractivity contribution in [3.05, 3.63) is 29.8 Å². The van der Waals surface area contributed by atoms with E-state index in [-0.39, 0.29) is 11.9 Å². The van der Waals surface area contributed by atoms with Crippen molar-refractivity contribution in [3.63, 3.8) is 0 Å². The van der Waals surface area contributed by atoms with Crippen molar-refractivity contribution in [2.75, 3.05) is 6.54 Å². The Morgan fingerprint density at radius 3 is 2.61 bits per heavy atom. The average molecular weight is 323 g/mol. The lowest BCUT2D eigenvalue weighted by Crippen LogP contribution is -2.59. The van der Waals surface area contributed by atoms with Crippen molar-refractivity contribution in [2.24, 2.45) is 0 Å². The normalized spacial score (nSPS) is 18.8. The van der Waals surface area contributed by atoms with Gasteiger partial charge < -0.3 is 10.1 Å². The highest BCUT2D eigenvalue weighted by atomic mass is 19.1. The van der Waals surface area contributed by atoms with Crippen molar-refractivity contribution < 1.29 is 18.7 Å². The fraction of sp³-hybridized carbons (Fsp3) is 0.562. The third-order valence-electron chi connectivity index (χ3n) is 3.50. The Balaban J connectivity index is 1.93. The van der Waals surface area contributed by atoms with Crippen LogP contribution in [-0.2, 0) is 9.53 Å². The maximum absolute atomic E-state index is 12.9. The predicted molar refractivity (Wildman–Crippen MR) is 82.1 cm³/mol. The summed E-state index contributed by atoms with van der Waals surface area (Å²) in [6.45, 7) is 7.59. The van der Waals surface area contributed by atoms with Crippen LogP contribution in [0.5, 0.6) is 0 Å². The highest BCUT2D eigenvalue weighted by Gasteiger charge is 2.40. The molecule has 1 aromatic heterocycles. The molecule has 6 nitrogen and oxygen atoms in total. The number of pyridine rings is 1. The highest BCUT2D eigenvalue weighted by molar-refractivity contribution is 5.87. The molecule has 1 aliphatic rings. The van der Waals surface area contributed by atoms with Gasteiger partial charge in [0.25, 0.3) is 0 Å². The number of rotatable bonds is 3. The van der Waals surface area contributed by atoms with E-state index in [0.717, 1.165) is 6.20 Å². The van der Waals surface area contributed by atoms with Crippen LogP contribution in [0.3, 0.4) is 0 Å². The summed E-state index contributed by atoms with van der Waals surface area (Å²) < 4.78 is 18.1. The first kappa shape index (κ1) is 17.2. The van der Waals surface area contributed by atoms with Crippen molar-refractivity contribution in [1.82, 2.24) is 15.2 Å². The molecule has 1 aliphatic heterocycles. The average Bonchev–Trinajstić information content (AvgIpc) is 2.35. The molecule has 126 valence electrons. The molecule has 0 saturated carbocycles. The van der Waals surface area contributed by atoms with E-state index in [2.05, 4.69) is 10.3 Å². The molecule has 0 aromatic carbocycles. The molecule has 0 aliphatic carbocycles. The molecular formula is C16H22FN3O3. The molecule has 0 unspecified atom stereocenters. The summed E-state index contributed by atoms with van der Waals surface area (Å²) in [6.07, 6.45) is 1.21. The van der Waals surface area contributed by atoms with Crippen LogP contribution >= 0.6 is 0 Å². The fourth-order valence-corrected chi connectivity index (χ4v) is 2.23. The van der Waals surface area contributed by atoms with E-state index < -0.39 is 23.6 Å². The molecule has 2 heterocycles. The Bertz CT molecular complexity index is 583. The zero-order valence-corrected chi connectivity index (χ0v) is 13.8. The van der Waals surface area contributed by atoms with Gasteiger partial charge in [0.05, 0.1) is 17.9 Å². The predicted octanol–water partition coefficient (Wildman–Crippen LogP) is 2.41. The number of hydrogen-bond acceptors (Lipinski definition) is 4. The van der Waals surface area contributed by atoms with E-state index in [1.54, 1.807) is 27.7 Å². The monoisotopic (exact) mass is 323 g/mol. The number of carbonyl (C=O) groups is 2. The van der Waals surface area contributed by atoms with E-state index in [1.165, 1.54) is 17.0 Å². The molecule has 0 spiro atoms. The van der Waals surface area contributed by atoms with Crippen LogP contribution < -0.4 is 5.32 Å². The molecule has 1 fully saturated rings. The summed E-state index contributed by atoms with van der Waals surface area (Å²) in [4.78, 5) is 29.7. The minimum Gasteiger partial charge on any atom is -0.444 e. The summed E-state index contributed by atoms with van der Waals surface area (Å²) in [5.41, 5.74) is -0.0400. The van der Waals surface area contributed by atoms with Gasteiger partial charge in [0.1, 0.15) is 17.5 Å². The van der Waals surface area contributed by atoms with Gasteiger partial charge >= 0.3 is 6.09 Å². The van der Waals surface area contributed by atoms with Crippen LogP contribution in [0.4, 0.5) is 9.18 Å². The van der Waals surface area contributed by atoms with Crippen molar-refractivity contribution in [3.8, 4) is 0 Å². The molecular weight excluding hydrogens is 301 g/mol. The SMILES string of the molecule is C[C@@H](NC(=O)[C@H]1CCN1C(=O)OC(C)(C)C)c1ccc(F)cn1. The van der Waals surface area contributed by atoms with E-state index >= 15 is 0 Å². The van der Waals surface area contributed by atoms with Gasteiger partial charge in [-0.1, -0.05) is 0 Å². The van der Waals surface area contributed by atoms with Crippen molar-refractivity contribution in [2.45, 2.75) is 51.8 Å². The first-order valence-electron chi connectivity index (χ1n) is 7.59. The number of nitrogens with zero attached hydrogens (tertiary/aromatic N) is 2. The molecule has 2 rings (SSSR count). The topological polar surface area (TPSA) is 71.5 Å². The Hall–Kier alpha value is -2.18. The molecule has 7 heteroatoms.